The van der Waals surface area contributed by atoms with Crippen LogP contribution in [0.3, 0.4) is 0 Å². The molecule has 1 aliphatic carbocycles. The second kappa shape index (κ2) is 7.09. The van der Waals surface area contributed by atoms with Gasteiger partial charge in [0.15, 0.2) is 29.1 Å². The van der Waals surface area contributed by atoms with E-state index in [9.17, 15) is 31.5 Å². The van der Waals surface area contributed by atoms with E-state index in [-0.39, 0.29) is 5.57 Å². The van der Waals surface area contributed by atoms with Crippen molar-refractivity contribution >= 4 is 11.8 Å². The second-order valence-corrected chi connectivity index (χ2v) is 4.64. The van der Waals surface area contributed by atoms with Crippen LogP contribution < -0.4 is 0 Å². The monoisotopic (exact) mass is 355 g/mol. The zero-order valence-corrected chi connectivity index (χ0v) is 12.1. The van der Waals surface area contributed by atoms with Crippen molar-refractivity contribution in [3.8, 4) is 6.07 Å². The van der Waals surface area contributed by atoms with Crippen LogP contribution in [0, 0.1) is 40.4 Å². The number of nitriles is 1. The van der Waals surface area contributed by atoms with Gasteiger partial charge in [0.25, 0.3) is 0 Å². The number of allylic oxidation sites excluding steroid dienone is 5. The van der Waals surface area contributed by atoms with E-state index in [0.717, 1.165) is 24.3 Å². The summed E-state index contributed by atoms with van der Waals surface area (Å²) < 4.78 is 70.5. The van der Waals surface area contributed by atoms with Gasteiger partial charge in [-0.3, -0.25) is 4.79 Å². The molecule has 0 spiro atoms. The molecule has 0 saturated carbocycles. The van der Waals surface area contributed by atoms with Crippen LogP contribution in [0.25, 0.3) is 0 Å². The number of ether oxygens (including phenoxy) is 1. The summed E-state index contributed by atoms with van der Waals surface area (Å²) in [6, 6.07) is 1.48. The normalized spacial score (nSPS) is 13.0. The minimum atomic E-state index is -2.34. The first kappa shape index (κ1) is 18.1. The van der Waals surface area contributed by atoms with Crippen molar-refractivity contribution in [2.75, 3.05) is 0 Å². The summed E-state index contributed by atoms with van der Waals surface area (Å²) in [5.41, 5.74) is -1.97. The first-order chi connectivity index (χ1) is 11.8. The number of hydrogen-bond donors (Lipinski definition) is 0. The smallest absolute Gasteiger partial charge is 0.349 e. The largest absolute Gasteiger partial charge is 0.456 e. The Morgan fingerprint density at radius 2 is 1.40 bits per heavy atom. The van der Waals surface area contributed by atoms with E-state index in [4.69, 9.17) is 5.26 Å². The number of carbonyl (C=O) groups excluding carboxylic acids is 2. The third-order valence-electron chi connectivity index (χ3n) is 3.11. The van der Waals surface area contributed by atoms with Gasteiger partial charge < -0.3 is 4.74 Å². The molecule has 0 amide bonds. The highest BCUT2D eigenvalue weighted by atomic mass is 19.2. The van der Waals surface area contributed by atoms with Gasteiger partial charge in [-0.1, -0.05) is 0 Å². The Kier molecular flexibility index (Phi) is 5.12. The Bertz CT molecular complexity index is 862. The minimum Gasteiger partial charge on any atom is -0.456 e. The van der Waals surface area contributed by atoms with Crippen LogP contribution in [0.5, 0.6) is 0 Å². The zero-order valence-electron chi connectivity index (χ0n) is 12.1. The van der Waals surface area contributed by atoms with Gasteiger partial charge in [-0.05, 0) is 29.9 Å². The zero-order chi connectivity index (χ0) is 18.7. The van der Waals surface area contributed by atoms with Gasteiger partial charge in [0.05, 0.1) is 5.56 Å². The van der Waals surface area contributed by atoms with Crippen LogP contribution in [0.1, 0.15) is 5.56 Å². The SMILES string of the molecule is N#CC(C(=O)OCc1c(F)c(F)c(F)c(F)c1F)=C1C=CC(=O)C=C1. The van der Waals surface area contributed by atoms with Gasteiger partial charge in [-0.2, -0.15) is 5.26 Å². The van der Waals surface area contributed by atoms with E-state index < -0.39 is 58.6 Å². The highest BCUT2D eigenvalue weighted by Gasteiger charge is 2.27. The van der Waals surface area contributed by atoms with Crippen LogP contribution in [-0.4, -0.2) is 11.8 Å². The minimum absolute atomic E-state index is 0.00971. The van der Waals surface area contributed by atoms with Crippen molar-refractivity contribution < 1.29 is 36.3 Å². The summed E-state index contributed by atoms with van der Waals surface area (Å²) in [4.78, 5) is 22.8. The quantitative estimate of drug-likeness (QED) is 0.209. The molecule has 2 rings (SSSR count). The lowest BCUT2D eigenvalue weighted by Crippen LogP contribution is -2.13. The molecular weight excluding hydrogens is 349 g/mol. The Labute approximate surface area is 137 Å². The molecular formula is C16H6F5NO3. The summed E-state index contributed by atoms with van der Waals surface area (Å²) in [6.45, 7) is -1.28. The third-order valence-corrected chi connectivity index (χ3v) is 3.11. The van der Waals surface area contributed by atoms with Crippen molar-refractivity contribution in [2.24, 2.45) is 0 Å². The molecule has 4 nitrogen and oxygen atoms in total. The van der Waals surface area contributed by atoms with Gasteiger partial charge in [-0.15, -0.1) is 0 Å². The molecule has 0 heterocycles. The van der Waals surface area contributed by atoms with Crippen LogP contribution in [0.15, 0.2) is 35.5 Å². The topological polar surface area (TPSA) is 67.2 Å². The van der Waals surface area contributed by atoms with Crippen molar-refractivity contribution in [3.63, 3.8) is 0 Å². The first-order valence-electron chi connectivity index (χ1n) is 6.49. The molecule has 0 bridgehead atoms. The van der Waals surface area contributed by atoms with E-state index in [1.165, 1.54) is 6.07 Å². The Morgan fingerprint density at radius 3 is 1.88 bits per heavy atom. The van der Waals surface area contributed by atoms with Gasteiger partial charge in [-0.25, -0.2) is 26.7 Å². The van der Waals surface area contributed by atoms with Crippen LogP contribution in [0.4, 0.5) is 22.0 Å². The molecule has 0 fully saturated rings. The molecule has 1 aliphatic rings. The summed E-state index contributed by atoms with van der Waals surface area (Å²) in [5, 5.41) is 8.97. The van der Waals surface area contributed by atoms with Crippen molar-refractivity contribution in [1.82, 2.24) is 0 Å². The number of benzene rings is 1. The number of rotatable bonds is 3. The second-order valence-electron chi connectivity index (χ2n) is 4.64. The highest BCUT2D eigenvalue weighted by molar-refractivity contribution is 6.03. The number of esters is 1. The molecule has 25 heavy (non-hydrogen) atoms. The number of halogens is 5. The standard InChI is InChI=1S/C16H6F5NO3/c17-11-10(12(18)14(20)15(21)13(11)19)6-25-16(24)9(5-22)7-1-3-8(23)4-2-7/h1-4H,6H2. The summed E-state index contributed by atoms with van der Waals surface area (Å²) in [7, 11) is 0. The predicted molar refractivity (Wildman–Crippen MR) is 72.0 cm³/mol. The lowest BCUT2D eigenvalue weighted by Gasteiger charge is -2.10. The fourth-order valence-electron chi connectivity index (χ4n) is 1.84. The maximum absolute atomic E-state index is 13.5. The lowest BCUT2D eigenvalue weighted by atomic mass is 10.0. The molecule has 0 aromatic heterocycles. The maximum atomic E-state index is 13.5. The molecule has 128 valence electrons. The van der Waals surface area contributed by atoms with Gasteiger partial charge in [0, 0.05) is 0 Å². The van der Waals surface area contributed by atoms with Gasteiger partial charge in [0.1, 0.15) is 18.2 Å². The van der Waals surface area contributed by atoms with E-state index in [1.54, 1.807) is 0 Å². The summed E-state index contributed by atoms with van der Waals surface area (Å²) in [6.07, 6.45) is 4.40. The van der Waals surface area contributed by atoms with Gasteiger partial charge in [0.2, 0.25) is 5.82 Å². The predicted octanol–water partition coefficient (Wildman–Crippen LogP) is 2.94. The lowest BCUT2D eigenvalue weighted by molar-refractivity contribution is -0.140. The van der Waals surface area contributed by atoms with Crippen molar-refractivity contribution in [1.29, 1.82) is 5.26 Å². The average Bonchev–Trinajstić information content (AvgIpc) is 2.60. The van der Waals surface area contributed by atoms with Crippen molar-refractivity contribution in [2.45, 2.75) is 6.61 Å². The van der Waals surface area contributed by atoms with Crippen molar-refractivity contribution in [3.05, 3.63) is 70.1 Å². The molecule has 9 heteroatoms. The Balaban J connectivity index is 2.28. The summed E-state index contributed by atoms with van der Waals surface area (Å²) >= 11 is 0. The number of ketones is 1. The molecule has 1 aromatic carbocycles. The molecule has 0 atom stereocenters. The van der Waals surface area contributed by atoms with Crippen LogP contribution >= 0.6 is 0 Å². The Hall–Kier alpha value is -3.28. The van der Waals surface area contributed by atoms with E-state index in [2.05, 4.69) is 4.74 Å². The molecule has 0 radical (unpaired) electrons. The number of nitrogens with zero attached hydrogens (tertiary/aromatic N) is 1. The summed E-state index contributed by atoms with van der Waals surface area (Å²) in [5.74, 6) is -12.7. The van der Waals surface area contributed by atoms with E-state index in [1.807, 2.05) is 0 Å². The molecule has 0 saturated heterocycles. The average molecular weight is 355 g/mol. The molecule has 1 aromatic rings. The van der Waals surface area contributed by atoms with E-state index in [0.29, 0.717) is 0 Å². The number of hydrogen-bond acceptors (Lipinski definition) is 4. The number of carbonyl (C=O) groups is 2. The van der Waals surface area contributed by atoms with E-state index >= 15 is 0 Å². The van der Waals surface area contributed by atoms with Crippen LogP contribution in [0.2, 0.25) is 0 Å². The molecule has 0 unspecified atom stereocenters. The molecule has 0 aliphatic heterocycles. The maximum Gasteiger partial charge on any atom is 0.349 e. The highest BCUT2D eigenvalue weighted by Crippen LogP contribution is 2.24. The third kappa shape index (κ3) is 3.47. The first-order valence-corrected chi connectivity index (χ1v) is 6.49. The fraction of sp³-hybridized carbons (Fsp3) is 0.0625. The Morgan fingerprint density at radius 1 is 0.920 bits per heavy atom. The van der Waals surface area contributed by atoms with Gasteiger partial charge >= 0.3 is 5.97 Å². The fourth-order valence-corrected chi connectivity index (χ4v) is 1.84. The van der Waals surface area contributed by atoms with Crippen LogP contribution in [-0.2, 0) is 20.9 Å². The molecule has 0 N–H and O–H groups in total.